The maximum absolute atomic E-state index is 4.26. The Bertz CT molecular complexity index is 461. The summed E-state index contributed by atoms with van der Waals surface area (Å²) in [7, 11) is 0. The first-order valence-corrected chi connectivity index (χ1v) is 6.24. The van der Waals surface area contributed by atoms with Crippen molar-refractivity contribution in [2.45, 2.75) is 27.7 Å². The van der Waals surface area contributed by atoms with E-state index in [9.17, 15) is 0 Å². The number of aryl methyl sites for hydroxylation is 2. The van der Waals surface area contributed by atoms with E-state index in [-0.39, 0.29) is 0 Å². The van der Waals surface area contributed by atoms with Crippen LogP contribution in [-0.4, -0.2) is 9.78 Å². The topological polar surface area (TPSA) is 17.8 Å². The number of nitrogens with zero attached hydrogens (tertiary/aromatic N) is 2. The molecule has 2 aromatic rings. The first-order valence-electron chi connectivity index (χ1n) is 5.44. The lowest BCUT2D eigenvalue weighted by Gasteiger charge is -2.03. The van der Waals surface area contributed by atoms with Crippen LogP contribution in [0.15, 0.2) is 35.1 Å². The van der Waals surface area contributed by atoms with Crippen molar-refractivity contribution in [3.63, 3.8) is 0 Å². The molecule has 0 aliphatic carbocycles. The molecule has 0 amide bonds. The van der Waals surface area contributed by atoms with Crippen molar-refractivity contribution in [2.75, 3.05) is 0 Å². The predicted molar refractivity (Wildman–Crippen MR) is 72.1 cm³/mol. The van der Waals surface area contributed by atoms with Crippen molar-refractivity contribution in [2.24, 2.45) is 0 Å². The van der Waals surface area contributed by atoms with E-state index in [1.165, 1.54) is 11.1 Å². The maximum Gasteiger partial charge on any atom is 0.0649 e. The summed E-state index contributed by atoms with van der Waals surface area (Å²) in [4.78, 5) is 0. The zero-order valence-corrected chi connectivity index (χ0v) is 11.7. The van der Waals surface area contributed by atoms with Crippen molar-refractivity contribution >= 4 is 15.9 Å². The van der Waals surface area contributed by atoms with E-state index in [2.05, 4.69) is 34.0 Å². The van der Waals surface area contributed by atoms with E-state index in [1.54, 1.807) is 0 Å². The van der Waals surface area contributed by atoms with Gasteiger partial charge < -0.3 is 0 Å². The van der Waals surface area contributed by atoms with E-state index in [0.29, 0.717) is 0 Å². The summed E-state index contributed by atoms with van der Waals surface area (Å²) in [5, 5.41) is 4.26. The Morgan fingerprint density at radius 1 is 1.19 bits per heavy atom. The third-order valence-electron chi connectivity index (χ3n) is 2.12. The van der Waals surface area contributed by atoms with Gasteiger partial charge in [-0.1, -0.05) is 29.8 Å². The molecule has 0 aliphatic heterocycles. The predicted octanol–water partition coefficient (Wildman–Crippen LogP) is 4.28. The fraction of sp³-hybridized carbons (Fsp3) is 0.308. The van der Waals surface area contributed by atoms with Crippen LogP contribution in [0, 0.1) is 13.8 Å². The molecule has 3 heteroatoms. The first kappa shape index (κ1) is 13.0. The van der Waals surface area contributed by atoms with E-state index in [0.717, 1.165) is 10.2 Å². The molecule has 2 rings (SSSR count). The molecule has 86 valence electrons. The van der Waals surface area contributed by atoms with E-state index in [1.807, 2.05) is 50.0 Å². The van der Waals surface area contributed by atoms with Gasteiger partial charge in [0.2, 0.25) is 0 Å². The molecule has 16 heavy (non-hydrogen) atoms. The smallest absolute Gasteiger partial charge is 0.0649 e. The Kier molecular flexibility index (Phi) is 4.74. The third-order valence-corrected chi connectivity index (χ3v) is 3.01. The van der Waals surface area contributed by atoms with Crippen molar-refractivity contribution < 1.29 is 0 Å². The summed E-state index contributed by atoms with van der Waals surface area (Å²) in [6.45, 7) is 8.11. The molecule has 0 saturated carbocycles. The van der Waals surface area contributed by atoms with Crippen molar-refractivity contribution in [1.82, 2.24) is 9.78 Å². The van der Waals surface area contributed by atoms with Crippen LogP contribution in [0.3, 0.4) is 0 Å². The van der Waals surface area contributed by atoms with Gasteiger partial charge in [-0.25, -0.2) is 4.68 Å². The molecule has 2 nitrogen and oxygen atoms in total. The highest BCUT2D eigenvalue weighted by Crippen LogP contribution is 2.19. The first-order chi connectivity index (χ1) is 7.66. The Morgan fingerprint density at radius 2 is 1.88 bits per heavy atom. The van der Waals surface area contributed by atoms with E-state index >= 15 is 0 Å². The second kappa shape index (κ2) is 5.85. The standard InChI is InChI=1S/C11H11BrN2.C2H6/c1-8-6-13-14(7-8)10-3-4-11(12)9(2)5-10;1-2/h3-7H,1-2H3;1-2H3. The summed E-state index contributed by atoms with van der Waals surface area (Å²) < 4.78 is 3.01. The average molecular weight is 281 g/mol. The Labute approximate surface area is 105 Å². The number of benzene rings is 1. The zero-order chi connectivity index (χ0) is 12.1. The molecule has 0 spiro atoms. The molecule has 0 radical (unpaired) electrons. The SMILES string of the molecule is CC.Cc1cnn(-c2ccc(Br)c(C)c2)c1. The molecule has 1 aromatic heterocycles. The minimum atomic E-state index is 1.10. The molecule has 0 saturated heterocycles. The summed E-state index contributed by atoms with van der Waals surface area (Å²) in [6.07, 6.45) is 3.88. The second-order valence-electron chi connectivity index (χ2n) is 3.40. The number of halogens is 1. The van der Waals surface area contributed by atoms with Crippen LogP contribution in [0.1, 0.15) is 25.0 Å². The van der Waals surface area contributed by atoms with Gasteiger partial charge in [0.25, 0.3) is 0 Å². The van der Waals surface area contributed by atoms with Crippen molar-refractivity contribution in [1.29, 1.82) is 0 Å². The number of aromatic nitrogens is 2. The van der Waals surface area contributed by atoms with Gasteiger partial charge in [0, 0.05) is 10.7 Å². The van der Waals surface area contributed by atoms with Gasteiger partial charge in [-0.2, -0.15) is 5.10 Å². The highest BCUT2D eigenvalue weighted by atomic mass is 79.9. The average Bonchev–Trinajstić information content (AvgIpc) is 2.72. The van der Waals surface area contributed by atoms with Gasteiger partial charge in [-0.05, 0) is 43.2 Å². The van der Waals surface area contributed by atoms with Gasteiger partial charge >= 0.3 is 0 Å². The Balaban J connectivity index is 0.000000606. The lowest BCUT2D eigenvalue weighted by atomic mass is 10.2. The lowest BCUT2D eigenvalue weighted by molar-refractivity contribution is 0.878. The monoisotopic (exact) mass is 280 g/mol. The fourth-order valence-corrected chi connectivity index (χ4v) is 1.57. The Hall–Kier alpha value is -1.09. The van der Waals surface area contributed by atoms with Gasteiger partial charge in [-0.15, -0.1) is 0 Å². The van der Waals surface area contributed by atoms with Gasteiger partial charge in [0.15, 0.2) is 0 Å². The highest BCUT2D eigenvalue weighted by Gasteiger charge is 2.00. The molecule has 0 bridgehead atoms. The molecular weight excluding hydrogens is 264 g/mol. The number of hydrogen-bond acceptors (Lipinski definition) is 1. The van der Waals surface area contributed by atoms with Crippen LogP contribution in [-0.2, 0) is 0 Å². The van der Waals surface area contributed by atoms with Crippen LogP contribution in [0.4, 0.5) is 0 Å². The molecular formula is C13H17BrN2. The molecule has 0 N–H and O–H groups in total. The molecule has 0 atom stereocenters. The maximum atomic E-state index is 4.26. The van der Waals surface area contributed by atoms with Crippen molar-refractivity contribution in [3.05, 3.63) is 46.2 Å². The fourth-order valence-electron chi connectivity index (χ4n) is 1.33. The zero-order valence-electron chi connectivity index (χ0n) is 10.2. The molecule has 1 heterocycles. The van der Waals surface area contributed by atoms with Gasteiger partial charge in [-0.3, -0.25) is 0 Å². The van der Waals surface area contributed by atoms with E-state index < -0.39 is 0 Å². The van der Waals surface area contributed by atoms with Gasteiger partial charge in [0.1, 0.15) is 0 Å². The Morgan fingerprint density at radius 3 is 2.38 bits per heavy atom. The molecule has 0 aliphatic rings. The van der Waals surface area contributed by atoms with Crippen molar-refractivity contribution in [3.8, 4) is 5.69 Å². The van der Waals surface area contributed by atoms with Gasteiger partial charge in [0.05, 0.1) is 11.9 Å². The summed E-state index contributed by atoms with van der Waals surface area (Å²) in [5.41, 5.74) is 3.49. The molecule has 1 aromatic carbocycles. The van der Waals surface area contributed by atoms with E-state index in [4.69, 9.17) is 0 Å². The summed E-state index contributed by atoms with van der Waals surface area (Å²) in [6, 6.07) is 6.20. The van der Waals surface area contributed by atoms with Crippen LogP contribution < -0.4 is 0 Å². The van der Waals surface area contributed by atoms with Crippen LogP contribution >= 0.6 is 15.9 Å². The molecule has 0 fully saturated rings. The minimum absolute atomic E-state index is 1.10. The number of hydrogen-bond donors (Lipinski definition) is 0. The summed E-state index contributed by atoms with van der Waals surface area (Å²) >= 11 is 3.48. The van der Waals surface area contributed by atoms with Crippen LogP contribution in [0.5, 0.6) is 0 Å². The highest BCUT2D eigenvalue weighted by molar-refractivity contribution is 9.10. The minimum Gasteiger partial charge on any atom is -0.241 e. The largest absolute Gasteiger partial charge is 0.241 e. The second-order valence-corrected chi connectivity index (χ2v) is 4.25. The van der Waals surface area contributed by atoms with Crippen LogP contribution in [0.2, 0.25) is 0 Å². The number of rotatable bonds is 1. The quantitative estimate of drug-likeness (QED) is 0.763. The molecule has 0 unspecified atom stereocenters. The normalized spacial score (nSPS) is 9.56. The lowest BCUT2D eigenvalue weighted by Crippen LogP contribution is -1.94. The third kappa shape index (κ3) is 2.95. The van der Waals surface area contributed by atoms with Crippen LogP contribution in [0.25, 0.3) is 5.69 Å². The summed E-state index contributed by atoms with van der Waals surface area (Å²) in [5.74, 6) is 0.